The molecule has 2 nitrogen and oxygen atoms in total. The molecule has 0 saturated carbocycles. The summed E-state index contributed by atoms with van der Waals surface area (Å²) in [7, 11) is 1.52. The van der Waals surface area contributed by atoms with Crippen LogP contribution in [0.25, 0.3) is 0 Å². The number of aliphatic hydroxyl groups is 1. The van der Waals surface area contributed by atoms with Gasteiger partial charge in [0.05, 0.1) is 17.7 Å². The predicted molar refractivity (Wildman–Crippen MR) is 80.8 cm³/mol. The minimum atomic E-state index is -0.832. The molecule has 1 N–H and O–H groups in total. The van der Waals surface area contributed by atoms with Gasteiger partial charge < -0.3 is 9.84 Å². The number of benzene rings is 2. The monoisotopic (exact) mass is 358 g/mol. The zero-order chi connectivity index (χ0) is 14.7. The normalized spacial score (nSPS) is 12.2. The van der Waals surface area contributed by atoms with Gasteiger partial charge in [-0.15, -0.1) is 0 Å². The van der Waals surface area contributed by atoms with E-state index in [0.717, 1.165) is 0 Å². The summed E-state index contributed by atoms with van der Waals surface area (Å²) in [5.74, 6) is 0.201. The summed E-state index contributed by atoms with van der Waals surface area (Å²) >= 11 is 9.34. The maximum Gasteiger partial charge on any atom is 0.138 e. The molecule has 2 aromatic rings. The molecule has 2 aromatic carbocycles. The van der Waals surface area contributed by atoms with Gasteiger partial charge in [-0.1, -0.05) is 23.7 Å². The van der Waals surface area contributed by atoms with Gasteiger partial charge in [-0.05, 0) is 45.8 Å². The van der Waals surface area contributed by atoms with Crippen LogP contribution in [0.4, 0.5) is 4.39 Å². The summed E-state index contributed by atoms with van der Waals surface area (Å²) in [4.78, 5) is 0. The molecule has 0 aromatic heterocycles. The fourth-order valence-electron chi connectivity index (χ4n) is 2.04. The van der Waals surface area contributed by atoms with Crippen LogP contribution in [-0.4, -0.2) is 12.2 Å². The zero-order valence-corrected chi connectivity index (χ0v) is 13.1. The SMILES string of the molecule is COc1c(Br)cc(Cl)cc1C(O)Cc1cccc(F)c1. The van der Waals surface area contributed by atoms with E-state index in [0.29, 0.717) is 26.4 Å². The van der Waals surface area contributed by atoms with Crippen molar-refractivity contribution in [3.05, 3.63) is 62.8 Å². The number of rotatable bonds is 4. The minimum Gasteiger partial charge on any atom is -0.495 e. The maximum absolute atomic E-state index is 13.2. The summed E-state index contributed by atoms with van der Waals surface area (Å²) in [6.07, 6.45) is -0.553. The predicted octanol–water partition coefficient (Wildman–Crippen LogP) is 4.53. The van der Waals surface area contributed by atoms with Gasteiger partial charge in [-0.3, -0.25) is 0 Å². The molecule has 0 aliphatic heterocycles. The Kier molecular flexibility index (Phi) is 5.02. The Morgan fingerprint density at radius 1 is 1.35 bits per heavy atom. The summed E-state index contributed by atoms with van der Waals surface area (Å²) in [6.45, 7) is 0. The van der Waals surface area contributed by atoms with Gasteiger partial charge in [0, 0.05) is 17.0 Å². The highest BCUT2D eigenvalue weighted by Gasteiger charge is 2.17. The van der Waals surface area contributed by atoms with Crippen molar-refractivity contribution >= 4 is 27.5 Å². The quantitative estimate of drug-likeness (QED) is 0.869. The molecule has 5 heteroatoms. The van der Waals surface area contributed by atoms with Crippen LogP contribution in [0, 0.1) is 5.82 Å². The van der Waals surface area contributed by atoms with Gasteiger partial charge in [0.15, 0.2) is 0 Å². The van der Waals surface area contributed by atoms with Crippen LogP contribution in [-0.2, 0) is 6.42 Å². The number of methoxy groups -OCH3 is 1. The second-order valence-electron chi connectivity index (χ2n) is 4.36. The number of aliphatic hydroxyl groups excluding tert-OH is 1. The summed E-state index contributed by atoms with van der Waals surface area (Å²) in [6, 6.07) is 9.48. The standard InChI is InChI=1S/C15H13BrClFO2/c1-20-15-12(7-10(17)8-13(15)16)14(19)6-9-3-2-4-11(18)5-9/h2-5,7-8,14,19H,6H2,1H3. The first-order valence-corrected chi connectivity index (χ1v) is 7.14. The Bertz CT molecular complexity index is 619. The van der Waals surface area contributed by atoms with Crippen molar-refractivity contribution in [2.24, 2.45) is 0 Å². The highest BCUT2D eigenvalue weighted by atomic mass is 79.9. The molecular weight excluding hydrogens is 347 g/mol. The highest BCUT2D eigenvalue weighted by Crippen LogP contribution is 2.37. The first kappa shape index (κ1) is 15.3. The largest absolute Gasteiger partial charge is 0.495 e. The van der Waals surface area contributed by atoms with E-state index in [2.05, 4.69) is 15.9 Å². The van der Waals surface area contributed by atoms with Crippen LogP contribution in [0.15, 0.2) is 40.9 Å². The van der Waals surface area contributed by atoms with Gasteiger partial charge in [-0.2, -0.15) is 0 Å². The molecule has 0 amide bonds. The Labute approximate surface area is 130 Å². The van der Waals surface area contributed by atoms with E-state index in [9.17, 15) is 9.50 Å². The molecule has 0 aliphatic carbocycles. The molecule has 0 bridgehead atoms. The van der Waals surface area contributed by atoms with E-state index in [1.54, 1.807) is 24.3 Å². The topological polar surface area (TPSA) is 29.5 Å². The minimum absolute atomic E-state index is 0.279. The number of hydrogen-bond acceptors (Lipinski definition) is 2. The van der Waals surface area contributed by atoms with Crippen molar-refractivity contribution in [2.75, 3.05) is 7.11 Å². The zero-order valence-electron chi connectivity index (χ0n) is 10.7. The average Bonchev–Trinajstić information content (AvgIpc) is 2.37. The molecule has 0 radical (unpaired) electrons. The summed E-state index contributed by atoms with van der Waals surface area (Å²) in [5, 5.41) is 10.8. The number of hydrogen-bond donors (Lipinski definition) is 1. The van der Waals surface area contributed by atoms with Crippen molar-refractivity contribution < 1.29 is 14.2 Å². The van der Waals surface area contributed by atoms with Gasteiger partial charge in [0.25, 0.3) is 0 Å². The molecule has 0 saturated heterocycles. The van der Waals surface area contributed by atoms with E-state index in [4.69, 9.17) is 16.3 Å². The molecular formula is C15H13BrClFO2. The highest BCUT2D eigenvalue weighted by molar-refractivity contribution is 9.10. The van der Waals surface area contributed by atoms with E-state index in [-0.39, 0.29) is 12.2 Å². The fourth-order valence-corrected chi connectivity index (χ4v) is 3.04. The Morgan fingerprint density at radius 2 is 2.10 bits per heavy atom. The van der Waals surface area contributed by atoms with Crippen molar-refractivity contribution in [3.8, 4) is 5.75 Å². The molecule has 0 spiro atoms. The van der Waals surface area contributed by atoms with Crippen LogP contribution in [0.2, 0.25) is 5.02 Å². The Hall–Kier alpha value is -1.10. The second-order valence-corrected chi connectivity index (χ2v) is 5.65. The molecule has 1 atom stereocenters. The number of ether oxygens (including phenoxy) is 1. The molecule has 106 valence electrons. The molecule has 0 fully saturated rings. The van der Waals surface area contributed by atoms with Crippen molar-refractivity contribution in [3.63, 3.8) is 0 Å². The van der Waals surface area contributed by atoms with E-state index in [1.807, 2.05) is 0 Å². The van der Waals surface area contributed by atoms with E-state index >= 15 is 0 Å². The molecule has 0 aliphatic rings. The van der Waals surface area contributed by atoms with E-state index < -0.39 is 6.10 Å². The van der Waals surface area contributed by atoms with Crippen molar-refractivity contribution in [2.45, 2.75) is 12.5 Å². The molecule has 2 rings (SSSR count). The van der Waals surface area contributed by atoms with E-state index in [1.165, 1.54) is 19.2 Å². The van der Waals surface area contributed by atoms with Crippen LogP contribution in [0.3, 0.4) is 0 Å². The summed E-state index contributed by atoms with van der Waals surface area (Å²) in [5.41, 5.74) is 1.27. The first-order chi connectivity index (χ1) is 9.51. The third-order valence-electron chi connectivity index (χ3n) is 2.92. The maximum atomic E-state index is 13.2. The van der Waals surface area contributed by atoms with Crippen LogP contribution >= 0.6 is 27.5 Å². The van der Waals surface area contributed by atoms with Crippen LogP contribution in [0.5, 0.6) is 5.75 Å². The van der Waals surface area contributed by atoms with Gasteiger partial charge in [0.1, 0.15) is 11.6 Å². The average molecular weight is 360 g/mol. The number of halogens is 3. The summed E-state index contributed by atoms with van der Waals surface area (Å²) < 4.78 is 19.1. The third kappa shape index (κ3) is 3.51. The van der Waals surface area contributed by atoms with Crippen LogP contribution < -0.4 is 4.74 Å². The second kappa shape index (κ2) is 6.57. The van der Waals surface area contributed by atoms with Gasteiger partial charge >= 0.3 is 0 Å². The molecule has 0 heterocycles. The Morgan fingerprint density at radius 3 is 2.75 bits per heavy atom. The Balaban J connectivity index is 2.31. The smallest absolute Gasteiger partial charge is 0.138 e. The first-order valence-electron chi connectivity index (χ1n) is 5.96. The lowest BCUT2D eigenvalue weighted by molar-refractivity contribution is 0.174. The van der Waals surface area contributed by atoms with Gasteiger partial charge in [-0.25, -0.2) is 4.39 Å². The lowest BCUT2D eigenvalue weighted by Gasteiger charge is -2.16. The fraction of sp³-hybridized carbons (Fsp3) is 0.200. The molecule has 20 heavy (non-hydrogen) atoms. The van der Waals surface area contributed by atoms with Gasteiger partial charge in [0.2, 0.25) is 0 Å². The molecule has 1 unspecified atom stereocenters. The van der Waals surface area contributed by atoms with Crippen LogP contribution in [0.1, 0.15) is 17.2 Å². The third-order valence-corrected chi connectivity index (χ3v) is 3.73. The van der Waals surface area contributed by atoms with Crippen molar-refractivity contribution in [1.29, 1.82) is 0 Å². The van der Waals surface area contributed by atoms with Crippen molar-refractivity contribution in [1.82, 2.24) is 0 Å². The lowest BCUT2D eigenvalue weighted by Crippen LogP contribution is -2.05. The lowest BCUT2D eigenvalue weighted by atomic mass is 10.0.